The number of aromatic hydroxyl groups is 1. The van der Waals surface area contributed by atoms with E-state index in [4.69, 9.17) is 4.74 Å². The van der Waals surface area contributed by atoms with E-state index in [2.05, 4.69) is 4.99 Å². The number of methoxy groups -OCH3 is 1. The van der Waals surface area contributed by atoms with Gasteiger partial charge in [0, 0.05) is 38.9 Å². The number of benzene rings is 1. The van der Waals surface area contributed by atoms with Crippen LogP contribution in [0.5, 0.6) is 5.88 Å². The number of nitrogens with zero attached hydrogens (tertiary/aromatic N) is 2. The summed E-state index contributed by atoms with van der Waals surface area (Å²) in [6.07, 6.45) is 2.63. The van der Waals surface area contributed by atoms with Crippen LogP contribution in [0.1, 0.15) is 12.0 Å². The second-order valence-electron chi connectivity index (χ2n) is 4.20. The highest BCUT2D eigenvalue weighted by molar-refractivity contribution is 6.02. The van der Waals surface area contributed by atoms with Crippen LogP contribution in [0.2, 0.25) is 0 Å². The summed E-state index contributed by atoms with van der Waals surface area (Å²) >= 11 is 0. The lowest BCUT2D eigenvalue weighted by Crippen LogP contribution is -1.92. The van der Waals surface area contributed by atoms with Crippen LogP contribution in [0.25, 0.3) is 10.9 Å². The Kier molecular flexibility index (Phi) is 3.99. The topological polar surface area (TPSA) is 46.8 Å². The lowest BCUT2D eigenvalue weighted by molar-refractivity contribution is 0.197. The van der Waals surface area contributed by atoms with Crippen LogP contribution >= 0.6 is 0 Å². The summed E-state index contributed by atoms with van der Waals surface area (Å²) in [7, 11) is 3.53. The van der Waals surface area contributed by atoms with Crippen LogP contribution in [-0.2, 0) is 11.8 Å². The van der Waals surface area contributed by atoms with Crippen LogP contribution in [0.4, 0.5) is 0 Å². The van der Waals surface area contributed by atoms with Gasteiger partial charge in [-0.05, 0) is 12.5 Å². The SMILES string of the molecule is COCCCN=Cc1c(O)n(C)c2ccccc12. The largest absolute Gasteiger partial charge is 0.494 e. The van der Waals surface area contributed by atoms with E-state index in [1.165, 1.54) is 0 Å². The summed E-state index contributed by atoms with van der Waals surface area (Å²) in [5.41, 5.74) is 1.79. The number of fused-ring (bicyclic) bond motifs is 1. The smallest absolute Gasteiger partial charge is 0.200 e. The number of ether oxygens (including phenoxy) is 1. The van der Waals surface area contributed by atoms with Crippen molar-refractivity contribution >= 4 is 17.1 Å². The van der Waals surface area contributed by atoms with Gasteiger partial charge in [0.05, 0.1) is 11.1 Å². The zero-order chi connectivity index (χ0) is 13.0. The molecular weight excluding hydrogens is 228 g/mol. The van der Waals surface area contributed by atoms with Gasteiger partial charge in [-0.3, -0.25) is 4.99 Å². The third kappa shape index (κ3) is 2.38. The normalized spacial score (nSPS) is 11.7. The highest BCUT2D eigenvalue weighted by Gasteiger charge is 2.11. The summed E-state index contributed by atoms with van der Waals surface area (Å²) in [6.45, 7) is 1.41. The van der Waals surface area contributed by atoms with Gasteiger partial charge in [-0.2, -0.15) is 0 Å². The first-order chi connectivity index (χ1) is 8.75. The molecule has 0 unspecified atom stereocenters. The van der Waals surface area contributed by atoms with Crippen LogP contribution < -0.4 is 0 Å². The van der Waals surface area contributed by atoms with Crippen molar-refractivity contribution in [3.05, 3.63) is 29.8 Å². The van der Waals surface area contributed by atoms with Crippen molar-refractivity contribution in [3.63, 3.8) is 0 Å². The first kappa shape index (κ1) is 12.6. The highest BCUT2D eigenvalue weighted by Crippen LogP contribution is 2.28. The molecule has 0 aliphatic heterocycles. The molecule has 0 bridgehead atoms. The van der Waals surface area contributed by atoms with Crippen molar-refractivity contribution in [1.29, 1.82) is 0 Å². The number of aromatic nitrogens is 1. The minimum atomic E-state index is 0.256. The maximum Gasteiger partial charge on any atom is 0.200 e. The lowest BCUT2D eigenvalue weighted by Gasteiger charge is -1.96. The number of aliphatic imine (C=N–C) groups is 1. The van der Waals surface area contributed by atoms with Gasteiger partial charge in [0.25, 0.3) is 0 Å². The van der Waals surface area contributed by atoms with E-state index in [1.807, 2.05) is 31.3 Å². The Balaban J connectivity index is 2.25. The van der Waals surface area contributed by atoms with E-state index in [9.17, 15) is 5.11 Å². The van der Waals surface area contributed by atoms with Gasteiger partial charge in [-0.25, -0.2) is 0 Å². The van der Waals surface area contributed by atoms with Crippen molar-refractivity contribution in [2.45, 2.75) is 6.42 Å². The Bertz CT molecular complexity index is 558. The van der Waals surface area contributed by atoms with Gasteiger partial charge < -0.3 is 14.4 Å². The van der Waals surface area contributed by atoms with E-state index >= 15 is 0 Å². The molecule has 0 fully saturated rings. The van der Waals surface area contributed by atoms with Gasteiger partial charge in [0.15, 0.2) is 0 Å². The van der Waals surface area contributed by atoms with Crippen LogP contribution in [0.3, 0.4) is 0 Å². The van der Waals surface area contributed by atoms with Crippen LogP contribution in [-0.4, -0.2) is 36.1 Å². The number of hydrogen-bond donors (Lipinski definition) is 1. The van der Waals surface area contributed by atoms with Crippen molar-refractivity contribution in [2.75, 3.05) is 20.3 Å². The molecule has 0 saturated carbocycles. The van der Waals surface area contributed by atoms with Crippen LogP contribution in [0.15, 0.2) is 29.3 Å². The average Bonchev–Trinajstić information content (AvgIpc) is 2.64. The molecular formula is C14H18N2O2. The minimum absolute atomic E-state index is 0.256. The van der Waals surface area contributed by atoms with Gasteiger partial charge in [-0.1, -0.05) is 18.2 Å². The van der Waals surface area contributed by atoms with Crippen molar-refractivity contribution in [1.82, 2.24) is 4.57 Å². The van der Waals surface area contributed by atoms with Crippen molar-refractivity contribution < 1.29 is 9.84 Å². The molecule has 1 heterocycles. The molecule has 1 aromatic heterocycles. The zero-order valence-corrected chi connectivity index (χ0v) is 10.8. The van der Waals surface area contributed by atoms with E-state index in [-0.39, 0.29) is 5.88 Å². The maximum absolute atomic E-state index is 10.1. The Morgan fingerprint density at radius 1 is 1.39 bits per heavy atom. The fourth-order valence-electron chi connectivity index (χ4n) is 1.99. The first-order valence-corrected chi connectivity index (χ1v) is 6.01. The number of aryl methyl sites for hydroxylation is 1. The minimum Gasteiger partial charge on any atom is -0.494 e. The molecule has 0 saturated heterocycles. The molecule has 1 N–H and O–H groups in total. The lowest BCUT2D eigenvalue weighted by atomic mass is 10.2. The van der Waals surface area contributed by atoms with Gasteiger partial charge in [0.2, 0.25) is 5.88 Å². The predicted molar refractivity (Wildman–Crippen MR) is 73.5 cm³/mol. The van der Waals surface area contributed by atoms with Gasteiger partial charge in [-0.15, -0.1) is 0 Å². The Labute approximate surface area is 107 Å². The second-order valence-corrected chi connectivity index (χ2v) is 4.20. The summed E-state index contributed by atoms with van der Waals surface area (Å²) in [4.78, 5) is 4.33. The second kappa shape index (κ2) is 5.69. The summed E-state index contributed by atoms with van der Waals surface area (Å²) in [5.74, 6) is 0.256. The Hall–Kier alpha value is -1.81. The molecule has 4 nitrogen and oxygen atoms in total. The molecule has 96 valence electrons. The van der Waals surface area contributed by atoms with Gasteiger partial charge in [0.1, 0.15) is 0 Å². The number of rotatable bonds is 5. The molecule has 0 atom stereocenters. The zero-order valence-electron chi connectivity index (χ0n) is 10.8. The van der Waals surface area contributed by atoms with E-state index in [1.54, 1.807) is 17.9 Å². The molecule has 1 aromatic carbocycles. The standard InChI is InChI=1S/C14H18N2O2/c1-16-13-7-4-3-6-11(13)12(14(16)17)10-15-8-5-9-18-2/h3-4,6-7,10,17H,5,8-9H2,1-2H3. The van der Waals surface area contributed by atoms with E-state index in [0.717, 1.165) is 22.9 Å². The number of hydrogen-bond acceptors (Lipinski definition) is 3. The molecule has 0 radical (unpaired) electrons. The monoisotopic (exact) mass is 246 g/mol. The fraction of sp³-hybridized carbons (Fsp3) is 0.357. The van der Waals surface area contributed by atoms with E-state index < -0.39 is 0 Å². The summed E-state index contributed by atoms with van der Waals surface area (Å²) < 4.78 is 6.73. The summed E-state index contributed by atoms with van der Waals surface area (Å²) in [6, 6.07) is 7.90. The van der Waals surface area contributed by atoms with Gasteiger partial charge >= 0.3 is 0 Å². The quantitative estimate of drug-likeness (QED) is 0.650. The molecule has 18 heavy (non-hydrogen) atoms. The average molecular weight is 246 g/mol. The molecule has 0 spiro atoms. The number of para-hydroxylation sites is 1. The van der Waals surface area contributed by atoms with E-state index in [0.29, 0.717) is 13.2 Å². The predicted octanol–water partition coefficient (Wildman–Crippen LogP) is 2.34. The first-order valence-electron chi connectivity index (χ1n) is 6.01. The Morgan fingerprint density at radius 3 is 2.94 bits per heavy atom. The van der Waals surface area contributed by atoms with Crippen molar-refractivity contribution in [3.8, 4) is 5.88 Å². The third-order valence-corrected chi connectivity index (χ3v) is 2.97. The molecule has 2 rings (SSSR count). The van der Waals surface area contributed by atoms with Crippen molar-refractivity contribution in [2.24, 2.45) is 12.0 Å². The molecule has 0 aliphatic rings. The Morgan fingerprint density at radius 2 is 2.17 bits per heavy atom. The fourth-order valence-corrected chi connectivity index (χ4v) is 1.99. The van der Waals surface area contributed by atoms with Crippen LogP contribution in [0, 0.1) is 0 Å². The molecule has 2 aromatic rings. The molecule has 0 aliphatic carbocycles. The summed E-state index contributed by atoms with van der Waals surface area (Å²) in [5, 5.41) is 11.1. The molecule has 0 amide bonds. The third-order valence-electron chi connectivity index (χ3n) is 2.97. The highest BCUT2D eigenvalue weighted by atomic mass is 16.5. The maximum atomic E-state index is 10.1. The molecule has 4 heteroatoms.